The summed E-state index contributed by atoms with van der Waals surface area (Å²) in [5.74, 6) is 0.820. The highest BCUT2D eigenvalue weighted by Crippen LogP contribution is 2.18. The standard InChI is InChI=1S/C16H26N2OS/c1-3-16(20-12-1)13-18-7-2-6-17(9-10-18)8-4-15-5-11-19-14-15/h1,3,12,15H,2,4-11,13-14H2. The molecule has 4 heteroatoms. The van der Waals surface area contributed by atoms with Gasteiger partial charge in [-0.25, -0.2) is 0 Å². The number of ether oxygens (including phenoxy) is 1. The van der Waals surface area contributed by atoms with Crippen molar-refractivity contribution >= 4 is 11.3 Å². The minimum absolute atomic E-state index is 0.820. The molecule has 0 spiro atoms. The maximum Gasteiger partial charge on any atom is 0.0495 e. The Kier molecular flexibility index (Phi) is 5.48. The molecule has 3 nitrogen and oxygen atoms in total. The molecule has 0 bridgehead atoms. The summed E-state index contributed by atoms with van der Waals surface area (Å²) in [7, 11) is 0. The van der Waals surface area contributed by atoms with E-state index >= 15 is 0 Å². The van der Waals surface area contributed by atoms with Gasteiger partial charge in [-0.1, -0.05) is 6.07 Å². The second-order valence-electron chi connectivity index (χ2n) is 6.07. The quantitative estimate of drug-likeness (QED) is 0.830. The first-order chi connectivity index (χ1) is 9.90. The normalized spacial score (nSPS) is 25.9. The molecule has 20 heavy (non-hydrogen) atoms. The van der Waals surface area contributed by atoms with E-state index in [9.17, 15) is 0 Å². The van der Waals surface area contributed by atoms with Crippen molar-refractivity contribution in [3.8, 4) is 0 Å². The van der Waals surface area contributed by atoms with Crippen molar-refractivity contribution in [1.29, 1.82) is 0 Å². The third-order valence-electron chi connectivity index (χ3n) is 4.52. The minimum atomic E-state index is 0.820. The molecule has 1 unspecified atom stereocenters. The first-order valence-electron chi connectivity index (χ1n) is 7.95. The van der Waals surface area contributed by atoms with E-state index in [-0.39, 0.29) is 0 Å². The average Bonchev–Trinajstić information content (AvgIpc) is 3.10. The van der Waals surface area contributed by atoms with Crippen LogP contribution in [-0.4, -0.2) is 55.7 Å². The lowest BCUT2D eigenvalue weighted by molar-refractivity contribution is 0.178. The molecule has 3 rings (SSSR count). The third kappa shape index (κ3) is 4.29. The highest BCUT2D eigenvalue weighted by atomic mass is 32.1. The maximum atomic E-state index is 5.47. The molecule has 0 saturated carbocycles. The zero-order chi connectivity index (χ0) is 13.6. The van der Waals surface area contributed by atoms with Crippen molar-refractivity contribution in [2.75, 3.05) is 45.9 Å². The SMILES string of the molecule is c1csc(CN2CCCN(CCC3CCOC3)CC2)c1. The first kappa shape index (κ1) is 14.5. The molecule has 112 valence electrons. The summed E-state index contributed by atoms with van der Waals surface area (Å²) in [5, 5.41) is 2.18. The van der Waals surface area contributed by atoms with Crippen LogP contribution in [0.5, 0.6) is 0 Å². The van der Waals surface area contributed by atoms with Crippen molar-refractivity contribution in [2.24, 2.45) is 5.92 Å². The van der Waals surface area contributed by atoms with Crippen LogP contribution in [0.2, 0.25) is 0 Å². The Morgan fingerprint density at radius 3 is 2.90 bits per heavy atom. The van der Waals surface area contributed by atoms with E-state index in [0.717, 1.165) is 25.7 Å². The lowest BCUT2D eigenvalue weighted by Crippen LogP contribution is -2.31. The van der Waals surface area contributed by atoms with E-state index in [1.54, 1.807) is 0 Å². The molecule has 1 aromatic rings. The molecule has 0 aliphatic carbocycles. The first-order valence-corrected chi connectivity index (χ1v) is 8.83. The Hall–Kier alpha value is -0.420. The largest absolute Gasteiger partial charge is 0.381 e. The Balaban J connectivity index is 1.39. The van der Waals surface area contributed by atoms with Crippen LogP contribution >= 0.6 is 11.3 Å². The van der Waals surface area contributed by atoms with Crippen LogP contribution in [0.15, 0.2) is 17.5 Å². The van der Waals surface area contributed by atoms with Gasteiger partial charge in [0.25, 0.3) is 0 Å². The van der Waals surface area contributed by atoms with Gasteiger partial charge in [0.1, 0.15) is 0 Å². The second kappa shape index (κ2) is 7.55. The topological polar surface area (TPSA) is 15.7 Å². The van der Waals surface area contributed by atoms with E-state index < -0.39 is 0 Å². The van der Waals surface area contributed by atoms with Gasteiger partial charge >= 0.3 is 0 Å². The fourth-order valence-electron chi connectivity index (χ4n) is 3.21. The number of nitrogens with zero attached hydrogens (tertiary/aromatic N) is 2. The summed E-state index contributed by atoms with van der Waals surface area (Å²) in [4.78, 5) is 6.78. The molecular formula is C16H26N2OS. The zero-order valence-electron chi connectivity index (χ0n) is 12.3. The summed E-state index contributed by atoms with van der Waals surface area (Å²) < 4.78 is 5.47. The fraction of sp³-hybridized carbons (Fsp3) is 0.750. The van der Waals surface area contributed by atoms with Crippen molar-refractivity contribution in [3.05, 3.63) is 22.4 Å². The predicted molar refractivity (Wildman–Crippen MR) is 84.2 cm³/mol. The number of rotatable bonds is 5. The van der Waals surface area contributed by atoms with Crippen LogP contribution in [0.4, 0.5) is 0 Å². The Morgan fingerprint density at radius 2 is 2.10 bits per heavy atom. The van der Waals surface area contributed by atoms with Gasteiger partial charge in [0, 0.05) is 37.7 Å². The van der Waals surface area contributed by atoms with Gasteiger partial charge in [-0.05, 0) is 56.3 Å². The van der Waals surface area contributed by atoms with Gasteiger partial charge in [0.2, 0.25) is 0 Å². The molecule has 2 aliphatic rings. The van der Waals surface area contributed by atoms with Gasteiger partial charge in [0.15, 0.2) is 0 Å². The van der Waals surface area contributed by atoms with Gasteiger partial charge in [0.05, 0.1) is 0 Å². The number of thiophene rings is 1. The molecular weight excluding hydrogens is 268 g/mol. The van der Waals surface area contributed by atoms with Crippen molar-refractivity contribution in [3.63, 3.8) is 0 Å². The summed E-state index contributed by atoms with van der Waals surface area (Å²) in [6.45, 7) is 9.37. The van der Waals surface area contributed by atoms with Crippen LogP contribution in [0.3, 0.4) is 0 Å². The Morgan fingerprint density at radius 1 is 1.20 bits per heavy atom. The van der Waals surface area contributed by atoms with Crippen LogP contribution in [0, 0.1) is 5.92 Å². The molecule has 0 aromatic carbocycles. The maximum absolute atomic E-state index is 5.47. The van der Waals surface area contributed by atoms with Gasteiger partial charge in [-0.3, -0.25) is 4.90 Å². The summed E-state index contributed by atoms with van der Waals surface area (Å²) in [6.07, 6.45) is 3.91. The van der Waals surface area contributed by atoms with E-state index in [4.69, 9.17) is 4.74 Å². The minimum Gasteiger partial charge on any atom is -0.381 e. The van der Waals surface area contributed by atoms with Crippen molar-refractivity contribution < 1.29 is 4.74 Å². The van der Waals surface area contributed by atoms with E-state index in [2.05, 4.69) is 27.3 Å². The molecule has 2 fully saturated rings. The summed E-state index contributed by atoms with van der Waals surface area (Å²) >= 11 is 1.88. The Labute approximate surface area is 126 Å². The molecule has 2 saturated heterocycles. The van der Waals surface area contributed by atoms with E-state index in [1.165, 1.54) is 56.9 Å². The second-order valence-corrected chi connectivity index (χ2v) is 7.10. The van der Waals surface area contributed by atoms with Crippen LogP contribution in [0.25, 0.3) is 0 Å². The van der Waals surface area contributed by atoms with E-state index in [1.807, 2.05) is 11.3 Å². The van der Waals surface area contributed by atoms with Crippen molar-refractivity contribution in [1.82, 2.24) is 9.80 Å². The molecule has 0 amide bonds. The molecule has 0 radical (unpaired) electrons. The number of hydrogen-bond acceptors (Lipinski definition) is 4. The van der Waals surface area contributed by atoms with Gasteiger partial charge in [-0.15, -0.1) is 11.3 Å². The van der Waals surface area contributed by atoms with Crippen LogP contribution < -0.4 is 0 Å². The van der Waals surface area contributed by atoms with Gasteiger partial charge < -0.3 is 9.64 Å². The average molecular weight is 294 g/mol. The van der Waals surface area contributed by atoms with Crippen molar-refractivity contribution in [2.45, 2.75) is 25.8 Å². The Bertz CT molecular complexity index is 376. The molecule has 0 N–H and O–H groups in total. The van der Waals surface area contributed by atoms with E-state index in [0.29, 0.717) is 0 Å². The summed E-state index contributed by atoms with van der Waals surface area (Å²) in [6, 6.07) is 4.42. The molecule has 1 aromatic heterocycles. The molecule has 1 atom stereocenters. The van der Waals surface area contributed by atoms with Crippen LogP contribution in [-0.2, 0) is 11.3 Å². The highest BCUT2D eigenvalue weighted by Gasteiger charge is 2.19. The smallest absolute Gasteiger partial charge is 0.0495 e. The molecule has 2 aliphatic heterocycles. The predicted octanol–water partition coefficient (Wildman–Crippen LogP) is 2.68. The highest BCUT2D eigenvalue weighted by molar-refractivity contribution is 7.09. The monoisotopic (exact) mass is 294 g/mol. The molecule has 3 heterocycles. The third-order valence-corrected chi connectivity index (χ3v) is 5.38. The number of hydrogen-bond donors (Lipinski definition) is 0. The zero-order valence-corrected chi connectivity index (χ0v) is 13.1. The lowest BCUT2D eigenvalue weighted by Gasteiger charge is -2.22. The summed E-state index contributed by atoms with van der Waals surface area (Å²) in [5.41, 5.74) is 0. The van der Waals surface area contributed by atoms with Crippen LogP contribution in [0.1, 0.15) is 24.1 Å². The van der Waals surface area contributed by atoms with Gasteiger partial charge in [-0.2, -0.15) is 0 Å². The fourth-order valence-corrected chi connectivity index (χ4v) is 3.95. The lowest BCUT2D eigenvalue weighted by atomic mass is 10.1.